The first-order chi connectivity index (χ1) is 10.1. The van der Waals surface area contributed by atoms with Gasteiger partial charge in [0.2, 0.25) is 0 Å². The van der Waals surface area contributed by atoms with Crippen LogP contribution in [0.2, 0.25) is 0 Å². The minimum absolute atomic E-state index is 0.0193. The maximum Gasteiger partial charge on any atom is 0.311 e. The summed E-state index contributed by atoms with van der Waals surface area (Å²) in [5, 5.41) is 10.9. The summed E-state index contributed by atoms with van der Waals surface area (Å²) in [6.45, 7) is 1.20. The molecule has 2 fully saturated rings. The molecule has 6 nitrogen and oxygen atoms in total. The van der Waals surface area contributed by atoms with E-state index >= 15 is 0 Å². The average Bonchev–Trinajstić information content (AvgIpc) is 2.90. The minimum Gasteiger partial charge on any atom is -0.483 e. The lowest BCUT2D eigenvalue weighted by molar-refractivity contribution is -0.386. The van der Waals surface area contributed by atoms with Crippen LogP contribution in [0.5, 0.6) is 5.75 Å². The fourth-order valence-electron chi connectivity index (χ4n) is 2.85. The molecule has 0 radical (unpaired) electrons. The Balaban J connectivity index is 1.68. The number of nitro benzene ring substituents is 1. The molecule has 21 heavy (non-hydrogen) atoms. The molecule has 1 aliphatic carbocycles. The third-order valence-corrected chi connectivity index (χ3v) is 3.92. The molecule has 3 rings (SSSR count). The predicted molar refractivity (Wildman–Crippen MR) is 70.6 cm³/mol. The Morgan fingerprint density at radius 1 is 1.29 bits per heavy atom. The average molecular weight is 297 g/mol. The lowest BCUT2D eigenvalue weighted by Gasteiger charge is -2.35. The van der Waals surface area contributed by atoms with Crippen molar-refractivity contribution in [2.45, 2.75) is 37.6 Å². The van der Waals surface area contributed by atoms with Crippen molar-refractivity contribution in [2.24, 2.45) is 0 Å². The van der Waals surface area contributed by atoms with Crippen LogP contribution in [0.15, 0.2) is 18.2 Å². The number of nitro groups is 1. The fraction of sp³-hybridized carbons (Fsp3) is 0.571. The number of rotatable bonds is 3. The van der Waals surface area contributed by atoms with E-state index < -0.39 is 16.5 Å². The number of ether oxygens (including phenoxy) is 3. The van der Waals surface area contributed by atoms with Gasteiger partial charge >= 0.3 is 5.69 Å². The number of hydrogen-bond donors (Lipinski definition) is 0. The van der Waals surface area contributed by atoms with Gasteiger partial charge in [-0.15, -0.1) is 0 Å². The molecule has 1 aromatic rings. The van der Waals surface area contributed by atoms with E-state index in [4.69, 9.17) is 14.2 Å². The first-order valence-electron chi connectivity index (χ1n) is 6.96. The third kappa shape index (κ3) is 2.98. The topological polar surface area (TPSA) is 70.8 Å². The van der Waals surface area contributed by atoms with E-state index in [1.807, 2.05) is 0 Å². The van der Waals surface area contributed by atoms with Gasteiger partial charge in [0.15, 0.2) is 11.5 Å². The SMILES string of the molecule is O=[N+]([O-])c1ccc(F)cc1OC1CCC2(CC1)OCCO2. The van der Waals surface area contributed by atoms with Gasteiger partial charge in [0.05, 0.1) is 24.2 Å². The van der Waals surface area contributed by atoms with Crippen LogP contribution in [-0.4, -0.2) is 30.0 Å². The Hall–Kier alpha value is -1.73. The molecular weight excluding hydrogens is 281 g/mol. The summed E-state index contributed by atoms with van der Waals surface area (Å²) in [7, 11) is 0. The van der Waals surface area contributed by atoms with Crippen molar-refractivity contribution >= 4 is 5.69 Å². The van der Waals surface area contributed by atoms with Crippen molar-refractivity contribution in [3.05, 3.63) is 34.1 Å². The molecule has 0 bridgehead atoms. The molecule has 1 heterocycles. The molecular formula is C14H16FNO5. The van der Waals surface area contributed by atoms with Crippen molar-refractivity contribution in [2.75, 3.05) is 13.2 Å². The van der Waals surface area contributed by atoms with Gasteiger partial charge in [0.25, 0.3) is 0 Å². The van der Waals surface area contributed by atoms with Crippen LogP contribution in [0.3, 0.4) is 0 Å². The Kier molecular flexibility index (Phi) is 3.77. The van der Waals surface area contributed by atoms with Crippen LogP contribution in [0.1, 0.15) is 25.7 Å². The molecule has 1 spiro atoms. The molecule has 1 saturated heterocycles. The molecule has 0 atom stereocenters. The van der Waals surface area contributed by atoms with Gasteiger partial charge < -0.3 is 14.2 Å². The Morgan fingerprint density at radius 3 is 2.57 bits per heavy atom. The zero-order valence-electron chi connectivity index (χ0n) is 11.4. The van der Waals surface area contributed by atoms with Crippen molar-refractivity contribution in [1.29, 1.82) is 0 Å². The van der Waals surface area contributed by atoms with Gasteiger partial charge in [-0.2, -0.15) is 0 Å². The van der Waals surface area contributed by atoms with Crippen LogP contribution >= 0.6 is 0 Å². The van der Waals surface area contributed by atoms with Crippen LogP contribution in [0.25, 0.3) is 0 Å². The fourth-order valence-corrected chi connectivity index (χ4v) is 2.85. The van der Waals surface area contributed by atoms with Gasteiger partial charge in [-0.3, -0.25) is 10.1 Å². The van der Waals surface area contributed by atoms with Crippen LogP contribution in [-0.2, 0) is 9.47 Å². The molecule has 0 unspecified atom stereocenters. The second-order valence-electron chi connectivity index (χ2n) is 5.29. The monoisotopic (exact) mass is 297 g/mol. The number of hydrogen-bond acceptors (Lipinski definition) is 5. The van der Waals surface area contributed by atoms with Crippen molar-refractivity contribution in [3.63, 3.8) is 0 Å². The molecule has 1 aliphatic heterocycles. The quantitative estimate of drug-likeness (QED) is 0.633. The lowest BCUT2D eigenvalue weighted by atomic mass is 9.92. The van der Waals surface area contributed by atoms with E-state index in [2.05, 4.69) is 0 Å². The highest BCUT2D eigenvalue weighted by atomic mass is 19.1. The van der Waals surface area contributed by atoms with Crippen molar-refractivity contribution in [3.8, 4) is 5.75 Å². The summed E-state index contributed by atoms with van der Waals surface area (Å²) in [5.74, 6) is -1.08. The van der Waals surface area contributed by atoms with Crippen LogP contribution in [0.4, 0.5) is 10.1 Å². The summed E-state index contributed by atoms with van der Waals surface area (Å²) in [6.07, 6.45) is 2.49. The van der Waals surface area contributed by atoms with Gasteiger partial charge in [0.1, 0.15) is 5.82 Å². The molecule has 0 amide bonds. The highest BCUT2D eigenvalue weighted by molar-refractivity contribution is 5.46. The van der Waals surface area contributed by atoms with E-state index in [1.54, 1.807) is 0 Å². The lowest BCUT2D eigenvalue weighted by Crippen LogP contribution is -2.38. The molecule has 7 heteroatoms. The van der Waals surface area contributed by atoms with Crippen molar-refractivity contribution < 1.29 is 23.5 Å². The Bertz CT molecular complexity index is 534. The highest BCUT2D eigenvalue weighted by Crippen LogP contribution is 2.38. The van der Waals surface area contributed by atoms with Gasteiger partial charge in [-0.1, -0.05) is 0 Å². The van der Waals surface area contributed by atoms with E-state index in [0.717, 1.165) is 18.2 Å². The van der Waals surface area contributed by atoms with Crippen LogP contribution < -0.4 is 4.74 Å². The largest absolute Gasteiger partial charge is 0.483 e. The van der Waals surface area contributed by atoms with E-state index in [-0.39, 0.29) is 17.5 Å². The summed E-state index contributed by atoms with van der Waals surface area (Å²) in [4.78, 5) is 10.4. The van der Waals surface area contributed by atoms with Gasteiger partial charge in [0, 0.05) is 25.0 Å². The number of halogens is 1. The van der Waals surface area contributed by atoms with E-state index in [0.29, 0.717) is 38.9 Å². The minimum atomic E-state index is -0.567. The standard InChI is InChI=1S/C14H16FNO5/c15-10-1-2-12(16(17)18)13(9-10)21-11-3-5-14(6-4-11)19-7-8-20-14/h1-2,9,11H,3-8H2. The molecule has 1 saturated carbocycles. The van der Waals surface area contributed by atoms with Gasteiger partial charge in [-0.25, -0.2) is 4.39 Å². The Labute approximate surface area is 120 Å². The smallest absolute Gasteiger partial charge is 0.311 e. The zero-order valence-corrected chi connectivity index (χ0v) is 11.4. The van der Waals surface area contributed by atoms with Crippen molar-refractivity contribution in [1.82, 2.24) is 0 Å². The first-order valence-corrected chi connectivity index (χ1v) is 6.96. The molecule has 114 valence electrons. The summed E-state index contributed by atoms with van der Waals surface area (Å²) >= 11 is 0. The summed E-state index contributed by atoms with van der Waals surface area (Å²) in [5.41, 5.74) is -0.218. The summed E-state index contributed by atoms with van der Waals surface area (Å²) < 4.78 is 30.1. The summed E-state index contributed by atoms with van der Waals surface area (Å²) in [6, 6.07) is 3.24. The number of nitrogens with zero attached hydrogens (tertiary/aromatic N) is 1. The maximum absolute atomic E-state index is 13.3. The zero-order chi connectivity index (χ0) is 14.9. The highest BCUT2D eigenvalue weighted by Gasteiger charge is 2.41. The first kappa shape index (κ1) is 14.2. The number of benzene rings is 1. The Morgan fingerprint density at radius 2 is 1.95 bits per heavy atom. The third-order valence-electron chi connectivity index (χ3n) is 3.92. The second-order valence-corrected chi connectivity index (χ2v) is 5.29. The molecule has 0 aromatic heterocycles. The predicted octanol–water partition coefficient (Wildman–Crippen LogP) is 2.80. The molecule has 1 aromatic carbocycles. The molecule has 0 N–H and O–H groups in total. The van der Waals surface area contributed by atoms with E-state index in [1.165, 1.54) is 0 Å². The molecule has 2 aliphatic rings. The van der Waals surface area contributed by atoms with Gasteiger partial charge in [-0.05, 0) is 18.9 Å². The van der Waals surface area contributed by atoms with E-state index in [9.17, 15) is 14.5 Å². The van der Waals surface area contributed by atoms with Crippen LogP contribution in [0, 0.1) is 15.9 Å². The maximum atomic E-state index is 13.3. The normalized spacial score (nSPS) is 21.6. The second kappa shape index (κ2) is 5.57.